The van der Waals surface area contributed by atoms with Gasteiger partial charge in [-0.1, -0.05) is 13.8 Å². The SMILES string of the molecule is CCn1nc(CC(C)C)cc1C(=O)N1C[C@H]2COC[C@@]2(C(=O)OC)C1.Cl. The number of rotatable bonds is 5. The van der Waals surface area contributed by atoms with Gasteiger partial charge in [0.2, 0.25) is 0 Å². The molecule has 1 aromatic rings. The fraction of sp³-hybridized carbons (Fsp3) is 0.722. The van der Waals surface area contributed by atoms with E-state index >= 15 is 0 Å². The lowest BCUT2D eigenvalue weighted by Gasteiger charge is -2.23. The van der Waals surface area contributed by atoms with E-state index in [-0.39, 0.29) is 30.2 Å². The summed E-state index contributed by atoms with van der Waals surface area (Å²) in [5, 5.41) is 4.55. The third-order valence-electron chi connectivity index (χ3n) is 5.22. The van der Waals surface area contributed by atoms with E-state index in [1.165, 1.54) is 7.11 Å². The van der Waals surface area contributed by atoms with Crippen LogP contribution in [-0.2, 0) is 27.2 Å². The van der Waals surface area contributed by atoms with Gasteiger partial charge < -0.3 is 14.4 Å². The van der Waals surface area contributed by atoms with Gasteiger partial charge in [-0.05, 0) is 25.3 Å². The zero-order valence-corrected chi connectivity index (χ0v) is 16.7. The molecule has 7 nitrogen and oxygen atoms in total. The molecule has 3 heterocycles. The Morgan fingerprint density at radius 1 is 1.46 bits per heavy atom. The van der Waals surface area contributed by atoms with Crippen LogP contribution in [-0.4, -0.2) is 60.0 Å². The van der Waals surface area contributed by atoms with Crippen molar-refractivity contribution < 1.29 is 19.1 Å². The van der Waals surface area contributed by atoms with Crippen LogP contribution >= 0.6 is 12.4 Å². The summed E-state index contributed by atoms with van der Waals surface area (Å²) in [6.07, 6.45) is 0.843. The molecule has 0 aliphatic carbocycles. The van der Waals surface area contributed by atoms with Crippen LogP contribution in [0.15, 0.2) is 6.07 Å². The van der Waals surface area contributed by atoms with Crippen LogP contribution in [0.25, 0.3) is 0 Å². The van der Waals surface area contributed by atoms with Gasteiger partial charge in [-0.3, -0.25) is 14.3 Å². The Balaban J connectivity index is 0.00000243. The first-order valence-electron chi connectivity index (χ1n) is 8.93. The first-order valence-corrected chi connectivity index (χ1v) is 8.93. The molecule has 0 saturated carbocycles. The summed E-state index contributed by atoms with van der Waals surface area (Å²) in [6, 6.07) is 1.89. The first kappa shape index (κ1) is 20.7. The van der Waals surface area contributed by atoms with E-state index in [0.29, 0.717) is 44.5 Å². The first-order chi connectivity index (χ1) is 11.9. The van der Waals surface area contributed by atoms with E-state index < -0.39 is 5.41 Å². The van der Waals surface area contributed by atoms with E-state index in [4.69, 9.17) is 9.47 Å². The van der Waals surface area contributed by atoms with Crippen LogP contribution in [0.2, 0.25) is 0 Å². The summed E-state index contributed by atoms with van der Waals surface area (Å²) >= 11 is 0. The highest BCUT2D eigenvalue weighted by Crippen LogP contribution is 2.42. The number of fused-ring (bicyclic) bond motifs is 1. The second-order valence-corrected chi connectivity index (χ2v) is 7.48. The van der Waals surface area contributed by atoms with Gasteiger partial charge >= 0.3 is 5.97 Å². The number of methoxy groups -OCH3 is 1. The third kappa shape index (κ3) is 3.47. The summed E-state index contributed by atoms with van der Waals surface area (Å²) in [5.41, 5.74) is 0.812. The van der Waals surface area contributed by atoms with Crippen LogP contribution in [0.4, 0.5) is 0 Å². The van der Waals surface area contributed by atoms with Crippen molar-refractivity contribution in [2.75, 3.05) is 33.4 Å². The summed E-state index contributed by atoms with van der Waals surface area (Å²) in [4.78, 5) is 27.2. The Labute approximate surface area is 160 Å². The predicted octanol–water partition coefficient (Wildman–Crippen LogP) is 1.78. The van der Waals surface area contributed by atoms with Crippen molar-refractivity contribution in [1.29, 1.82) is 0 Å². The van der Waals surface area contributed by atoms with Crippen LogP contribution in [0.1, 0.15) is 37.0 Å². The summed E-state index contributed by atoms with van der Waals surface area (Å²) in [7, 11) is 1.39. The molecule has 0 N–H and O–H groups in total. The number of likely N-dealkylation sites (tertiary alicyclic amines) is 1. The molecule has 146 valence electrons. The van der Waals surface area contributed by atoms with Crippen molar-refractivity contribution in [3.63, 3.8) is 0 Å². The number of amides is 1. The van der Waals surface area contributed by atoms with E-state index in [1.807, 2.05) is 13.0 Å². The van der Waals surface area contributed by atoms with Crippen molar-refractivity contribution >= 4 is 24.3 Å². The fourth-order valence-electron chi connectivity index (χ4n) is 3.95. The average Bonchev–Trinajstić information content (AvgIpc) is 3.24. The topological polar surface area (TPSA) is 73.7 Å². The van der Waals surface area contributed by atoms with Gasteiger partial charge in [-0.2, -0.15) is 5.10 Å². The molecule has 26 heavy (non-hydrogen) atoms. The maximum absolute atomic E-state index is 13.1. The number of ether oxygens (including phenoxy) is 2. The molecule has 0 aromatic carbocycles. The number of carbonyl (C=O) groups is 2. The smallest absolute Gasteiger partial charge is 0.316 e. The molecule has 2 aliphatic heterocycles. The van der Waals surface area contributed by atoms with Crippen molar-refractivity contribution in [3.05, 3.63) is 17.5 Å². The monoisotopic (exact) mass is 385 g/mol. The number of carbonyl (C=O) groups excluding carboxylic acids is 2. The molecule has 0 bridgehead atoms. The molecular weight excluding hydrogens is 358 g/mol. The van der Waals surface area contributed by atoms with Gasteiger partial charge in [0.1, 0.15) is 11.1 Å². The molecule has 2 fully saturated rings. The van der Waals surface area contributed by atoms with Gasteiger partial charge in [0.05, 0.1) is 26.0 Å². The minimum absolute atomic E-state index is 0. The van der Waals surface area contributed by atoms with Crippen molar-refractivity contribution in [2.24, 2.45) is 17.3 Å². The zero-order chi connectivity index (χ0) is 18.2. The van der Waals surface area contributed by atoms with Gasteiger partial charge in [0.25, 0.3) is 5.91 Å². The van der Waals surface area contributed by atoms with E-state index in [1.54, 1.807) is 9.58 Å². The highest BCUT2D eigenvalue weighted by Gasteiger charge is 2.57. The van der Waals surface area contributed by atoms with Gasteiger partial charge in [0, 0.05) is 25.6 Å². The van der Waals surface area contributed by atoms with Crippen LogP contribution in [0.5, 0.6) is 0 Å². The van der Waals surface area contributed by atoms with Crippen LogP contribution in [0.3, 0.4) is 0 Å². The Hall–Kier alpha value is -1.60. The third-order valence-corrected chi connectivity index (χ3v) is 5.22. The summed E-state index contributed by atoms with van der Waals surface area (Å²) < 4.78 is 12.3. The Morgan fingerprint density at radius 2 is 2.19 bits per heavy atom. The van der Waals surface area contributed by atoms with Crippen molar-refractivity contribution in [3.8, 4) is 0 Å². The fourth-order valence-corrected chi connectivity index (χ4v) is 3.95. The normalized spacial score (nSPS) is 24.5. The van der Waals surface area contributed by atoms with E-state index in [0.717, 1.165) is 12.1 Å². The number of hydrogen-bond acceptors (Lipinski definition) is 5. The zero-order valence-electron chi connectivity index (χ0n) is 15.9. The van der Waals surface area contributed by atoms with Gasteiger partial charge in [-0.25, -0.2) is 0 Å². The molecule has 8 heteroatoms. The quantitative estimate of drug-likeness (QED) is 0.722. The molecule has 2 saturated heterocycles. The van der Waals surface area contributed by atoms with Gasteiger partial charge in [-0.15, -0.1) is 12.4 Å². The highest BCUT2D eigenvalue weighted by atomic mass is 35.5. The molecule has 0 spiro atoms. The molecule has 1 aromatic heterocycles. The standard InChI is InChI=1S/C18H27N3O4.ClH/c1-5-21-15(7-14(19-21)6-12(2)3)16(22)20-8-13-9-25-11-18(13,10-20)17(23)24-4;/h7,12-13H,5-6,8-11H2,1-4H3;1H/t13-,18-;/m0./s1. The Bertz CT molecular complexity index is 675. The molecule has 2 atom stereocenters. The number of aryl methyl sites for hydroxylation is 1. The van der Waals surface area contributed by atoms with Crippen LogP contribution < -0.4 is 0 Å². The largest absolute Gasteiger partial charge is 0.468 e. The number of nitrogens with zero attached hydrogens (tertiary/aromatic N) is 3. The average molecular weight is 386 g/mol. The lowest BCUT2D eigenvalue weighted by molar-refractivity contribution is -0.153. The molecule has 2 aliphatic rings. The minimum Gasteiger partial charge on any atom is -0.468 e. The number of hydrogen-bond donors (Lipinski definition) is 0. The molecule has 0 radical (unpaired) electrons. The predicted molar refractivity (Wildman–Crippen MR) is 98.4 cm³/mol. The van der Waals surface area contributed by atoms with E-state index in [2.05, 4.69) is 18.9 Å². The molecule has 3 rings (SSSR count). The maximum atomic E-state index is 13.1. The molecule has 1 amide bonds. The Morgan fingerprint density at radius 3 is 2.81 bits per heavy atom. The highest BCUT2D eigenvalue weighted by molar-refractivity contribution is 5.94. The van der Waals surface area contributed by atoms with Crippen molar-refractivity contribution in [2.45, 2.75) is 33.7 Å². The number of halogens is 1. The van der Waals surface area contributed by atoms with E-state index in [9.17, 15) is 9.59 Å². The van der Waals surface area contributed by atoms with Crippen LogP contribution in [0, 0.1) is 17.3 Å². The number of esters is 1. The summed E-state index contributed by atoms with van der Waals surface area (Å²) in [5.74, 6) is 0.128. The van der Waals surface area contributed by atoms with Gasteiger partial charge in [0.15, 0.2) is 0 Å². The second-order valence-electron chi connectivity index (χ2n) is 7.48. The second kappa shape index (κ2) is 7.96. The molecule has 0 unspecified atom stereocenters. The lowest BCUT2D eigenvalue weighted by Crippen LogP contribution is -2.41. The molecular formula is C18H28ClN3O4. The van der Waals surface area contributed by atoms with Crippen molar-refractivity contribution in [1.82, 2.24) is 14.7 Å². The number of aromatic nitrogens is 2. The minimum atomic E-state index is -0.720. The Kier molecular flexibility index (Phi) is 6.34. The summed E-state index contributed by atoms with van der Waals surface area (Å²) in [6.45, 7) is 8.56. The maximum Gasteiger partial charge on any atom is 0.316 e. The lowest BCUT2D eigenvalue weighted by atomic mass is 9.81.